The molecular weight excluding hydrogens is 262 g/mol. The molecule has 2 aromatic rings. The topological polar surface area (TPSA) is 59.4 Å². The lowest BCUT2D eigenvalue weighted by Crippen LogP contribution is -2.00. The molecule has 0 aliphatic carbocycles. The minimum absolute atomic E-state index is 0.0748. The van der Waals surface area contributed by atoms with E-state index in [1.165, 1.54) is 11.3 Å². The van der Waals surface area contributed by atoms with E-state index < -0.39 is 5.97 Å². The molecule has 5 heteroatoms. The zero-order chi connectivity index (χ0) is 14.0. The van der Waals surface area contributed by atoms with E-state index >= 15 is 0 Å². The highest BCUT2D eigenvalue weighted by Gasteiger charge is 2.21. The summed E-state index contributed by atoms with van der Waals surface area (Å²) in [5.74, 6) is -0.156. The van der Waals surface area contributed by atoms with E-state index in [1.54, 1.807) is 7.11 Å². The number of nitrogens with zero attached hydrogens (tertiary/aromatic N) is 1. The number of benzene rings is 1. The van der Waals surface area contributed by atoms with Crippen molar-refractivity contribution >= 4 is 17.3 Å². The van der Waals surface area contributed by atoms with Gasteiger partial charge in [-0.25, -0.2) is 9.78 Å². The molecule has 0 aliphatic heterocycles. The highest BCUT2D eigenvalue weighted by molar-refractivity contribution is 7.17. The number of thiazole rings is 1. The predicted octanol–water partition coefficient (Wildman–Crippen LogP) is 3.64. The van der Waals surface area contributed by atoms with Gasteiger partial charge in [-0.15, -0.1) is 11.3 Å². The molecule has 0 saturated carbocycles. The number of rotatable bonds is 4. The Hall–Kier alpha value is -1.88. The molecule has 2 rings (SSSR count). The number of hydrogen-bond donors (Lipinski definition) is 1. The second kappa shape index (κ2) is 5.40. The summed E-state index contributed by atoms with van der Waals surface area (Å²) in [7, 11) is 1.59. The molecule has 0 bridgehead atoms. The minimum Gasteiger partial charge on any atom is -0.496 e. The Morgan fingerprint density at radius 2 is 2.05 bits per heavy atom. The van der Waals surface area contributed by atoms with Crippen LogP contribution in [-0.2, 0) is 0 Å². The second-order valence-corrected chi connectivity index (χ2v) is 5.39. The van der Waals surface area contributed by atoms with Crippen LogP contribution in [0.4, 0.5) is 0 Å². The summed E-state index contributed by atoms with van der Waals surface area (Å²) in [6.45, 7) is 3.88. The molecule has 1 aromatic heterocycles. The van der Waals surface area contributed by atoms with Crippen molar-refractivity contribution in [3.05, 3.63) is 34.8 Å². The summed E-state index contributed by atoms with van der Waals surface area (Å²) in [6.07, 6.45) is 0. The molecule has 0 fully saturated rings. The minimum atomic E-state index is -0.928. The highest BCUT2D eigenvalue weighted by Crippen LogP contribution is 2.36. The SMILES string of the molecule is COc1ccccc1-c1nc(C(C)C)c(C(=O)O)s1. The number of methoxy groups -OCH3 is 1. The van der Waals surface area contributed by atoms with E-state index in [0.717, 1.165) is 5.56 Å². The van der Waals surface area contributed by atoms with Crippen LogP contribution in [0.5, 0.6) is 5.75 Å². The number of carboxylic acid groups (broad SMARTS) is 1. The number of carboxylic acids is 1. The molecule has 1 N–H and O–H groups in total. The van der Waals surface area contributed by atoms with Gasteiger partial charge >= 0.3 is 5.97 Å². The highest BCUT2D eigenvalue weighted by atomic mass is 32.1. The number of aromatic carboxylic acids is 1. The summed E-state index contributed by atoms with van der Waals surface area (Å²) in [6, 6.07) is 7.48. The first kappa shape index (κ1) is 13.5. The lowest BCUT2D eigenvalue weighted by molar-refractivity contribution is 0.0700. The standard InChI is InChI=1S/C14H15NO3S/c1-8(2)11-12(14(16)17)19-13(15-11)9-6-4-5-7-10(9)18-3/h4-8H,1-3H3,(H,16,17). The van der Waals surface area contributed by atoms with Crippen LogP contribution in [0.25, 0.3) is 10.6 Å². The predicted molar refractivity (Wildman–Crippen MR) is 75.2 cm³/mol. The monoisotopic (exact) mass is 277 g/mol. The van der Waals surface area contributed by atoms with Gasteiger partial charge in [0.05, 0.1) is 18.4 Å². The van der Waals surface area contributed by atoms with E-state index in [4.69, 9.17) is 4.74 Å². The molecule has 0 aliphatic rings. The largest absolute Gasteiger partial charge is 0.496 e. The lowest BCUT2D eigenvalue weighted by Gasteiger charge is -2.04. The van der Waals surface area contributed by atoms with Crippen LogP contribution < -0.4 is 4.74 Å². The molecule has 4 nitrogen and oxygen atoms in total. The van der Waals surface area contributed by atoms with Gasteiger partial charge in [0.15, 0.2) is 0 Å². The number of ether oxygens (including phenoxy) is 1. The molecule has 1 heterocycles. The number of aromatic nitrogens is 1. The molecule has 100 valence electrons. The Balaban J connectivity index is 2.57. The van der Waals surface area contributed by atoms with E-state index in [1.807, 2.05) is 38.1 Å². The van der Waals surface area contributed by atoms with E-state index in [0.29, 0.717) is 21.3 Å². The van der Waals surface area contributed by atoms with Crippen molar-refractivity contribution in [3.63, 3.8) is 0 Å². The molecule has 0 atom stereocenters. The lowest BCUT2D eigenvalue weighted by atomic mass is 10.1. The summed E-state index contributed by atoms with van der Waals surface area (Å²) in [5, 5.41) is 9.92. The van der Waals surface area contributed by atoms with Crippen molar-refractivity contribution < 1.29 is 14.6 Å². The average molecular weight is 277 g/mol. The second-order valence-electron chi connectivity index (χ2n) is 4.39. The van der Waals surface area contributed by atoms with Crippen LogP contribution in [0.3, 0.4) is 0 Å². The molecule has 0 saturated heterocycles. The van der Waals surface area contributed by atoms with Gasteiger partial charge in [0, 0.05) is 0 Å². The van der Waals surface area contributed by atoms with E-state index in [2.05, 4.69) is 4.98 Å². The van der Waals surface area contributed by atoms with Crippen molar-refractivity contribution in [2.45, 2.75) is 19.8 Å². The quantitative estimate of drug-likeness (QED) is 0.926. The van der Waals surface area contributed by atoms with Gasteiger partial charge in [0.25, 0.3) is 0 Å². The van der Waals surface area contributed by atoms with Gasteiger partial charge in [0.1, 0.15) is 15.6 Å². The third-order valence-corrected chi connectivity index (χ3v) is 3.82. The Labute approximate surface area is 115 Å². The Kier molecular flexibility index (Phi) is 3.85. The number of para-hydroxylation sites is 1. The van der Waals surface area contributed by atoms with Gasteiger partial charge in [-0.2, -0.15) is 0 Å². The van der Waals surface area contributed by atoms with Gasteiger partial charge < -0.3 is 9.84 Å². The van der Waals surface area contributed by atoms with Gasteiger partial charge in [-0.05, 0) is 18.1 Å². The third kappa shape index (κ3) is 2.61. The van der Waals surface area contributed by atoms with Crippen LogP contribution >= 0.6 is 11.3 Å². The molecule has 0 spiro atoms. The molecule has 1 aromatic carbocycles. The summed E-state index contributed by atoms with van der Waals surface area (Å²) in [4.78, 5) is 16.0. The molecule has 0 unspecified atom stereocenters. The first-order chi connectivity index (χ1) is 9.04. The zero-order valence-corrected chi connectivity index (χ0v) is 11.8. The Bertz CT molecular complexity index is 604. The van der Waals surface area contributed by atoms with Crippen LogP contribution in [0.1, 0.15) is 35.1 Å². The average Bonchev–Trinajstić information content (AvgIpc) is 2.84. The Morgan fingerprint density at radius 3 is 2.58 bits per heavy atom. The fraction of sp³-hybridized carbons (Fsp3) is 0.286. The van der Waals surface area contributed by atoms with Crippen LogP contribution in [0, 0.1) is 0 Å². The molecule has 0 radical (unpaired) electrons. The zero-order valence-electron chi connectivity index (χ0n) is 11.0. The first-order valence-electron chi connectivity index (χ1n) is 5.92. The maximum absolute atomic E-state index is 11.3. The van der Waals surface area contributed by atoms with Crippen LogP contribution in [0.2, 0.25) is 0 Å². The number of hydrogen-bond acceptors (Lipinski definition) is 4. The Morgan fingerprint density at radius 1 is 1.37 bits per heavy atom. The van der Waals surface area contributed by atoms with Crippen molar-refractivity contribution in [3.8, 4) is 16.3 Å². The van der Waals surface area contributed by atoms with Gasteiger partial charge in [-0.1, -0.05) is 26.0 Å². The first-order valence-corrected chi connectivity index (χ1v) is 6.73. The van der Waals surface area contributed by atoms with Crippen LogP contribution in [-0.4, -0.2) is 23.2 Å². The van der Waals surface area contributed by atoms with Crippen molar-refractivity contribution in [1.82, 2.24) is 4.98 Å². The van der Waals surface area contributed by atoms with Crippen molar-refractivity contribution in [2.75, 3.05) is 7.11 Å². The summed E-state index contributed by atoms with van der Waals surface area (Å²) >= 11 is 1.19. The smallest absolute Gasteiger partial charge is 0.347 e. The van der Waals surface area contributed by atoms with Crippen molar-refractivity contribution in [1.29, 1.82) is 0 Å². The molecular formula is C14H15NO3S. The summed E-state index contributed by atoms with van der Waals surface area (Å²) in [5.41, 5.74) is 1.45. The number of carbonyl (C=O) groups is 1. The van der Waals surface area contributed by atoms with Crippen molar-refractivity contribution in [2.24, 2.45) is 0 Å². The summed E-state index contributed by atoms with van der Waals surface area (Å²) < 4.78 is 5.29. The fourth-order valence-corrected chi connectivity index (χ4v) is 2.90. The maximum Gasteiger partial charge on any atom is 0.347 e. The molecule has 0 amide bonds. The van der Waals surface area contributed by atoms with Gasteiger partial charge in [-0.3, -0.25) is 0 Å². The van der Waals surface area contributed by atoms with Gasteiger partial charge in [0.2, 0.25) is 0 Å². The van der Waals surface area contributed by atoms with E-state index in [-0.39, 0.29) is 5.92 Å². The van der Waals surface area contributed by atoms with Crippen LogP contribution in [0.15, 0.2) is 24.3 Å². The fourth-order valence-electron chi connectivity index (χ4n) is 1.81. The normalized spacial score (nSPS) is 10.7. The molecule has 19 heavy (non-hydrogen) atoms. The maximum atomic E-state index is 11.3. The van der Waals surface area contributed by atoms with E-state index in [9.17, 15) is 9.90 Å². The third-order valence-electron chi connectivity index (χ3n) is 2.73.